The first-order valence-corrected chi connectivity index (χ1v) is 0. The quantitative estimate of drug-likeness (QED) is 0.249. The average Bonchev–Trinajstić information content (AvgIpc) is 0. The largest absolute Gasteiger partial charge is 1.00 e. The van der Waals surface area contributed by atoms with Gasteiger partial charge in [-0.15, -0.1) is 0 Å². The van der Waals surface area contributed by atoms with Crippen LogP contribution in [-0.4, -0.2) is 0 Å². The molecule has 0 bridgehead atoms. The fourth-order valence-corrected chi connectivity index (χ4v) is 0. The van der Waals surface area contributed by atoms with E-state index < -0.39 is 0 Å². The number of rotatable bonds is 0. The first-order valence-electron chi connectivity index (χ1n) is 0. The van der Waals surface area contributed by atoms with Gasteiger partial charge in [-0.3, -0.25) is 0 Å². The summed E-state index contributed by atoms with van der Waals surface area (Å²) in [6.07, 6.45) is 0. The van der Waals surface area contributed by atoms with Gasteiger partial charge in [-0.1, -0.05) is 0 Å². The molecule has 0 rings (SSSR count). The van der Waals surface area contributed by atoms with Crippen LogP contribution in [0, 0.1) is 0 Å². The van der Waals surface area contributed by atoms with Crippen molar-refractivity contribution >= 4 is 0 Å². The fourth-order valence-electron chi connectivity index (χ4n) is 0. The van der Waals surface area contributed by atoms with Gasteiger partial charge < -0.3 is 28.2 Å². The standard InChI is InChI=1S/6FH.Mn/h6*1H;/p-6. The minimum absolute atomic E-state index is 0. The monoisotopic (exact) mass is 169 g/mol. The molecule has 0 fully saturated rings. The summed E-state index contributed by atoms with van der Waals surface area (Å²) in [6.45, 7) is 0. The average molecular weight is 169 g/mol. The SMILES string of the molecule is [F-].[F-].[F-].[F-].[F-].[F-].[Mn]. The molecule has 0 N–H and O–H groups in total. The number of hydrogen-bond donors (Lipinski definition) is 0. The van der Waals surface area contributed by atoms with Crippen molar-refractivity contribution in [3.05, 3.63) is 0 Å². The molecule has 0 amide bonds. The van der Waals surface area contributed by atoms with E-state index in [-0.39, 0.29) is 45.3 Å². The molecule has 0 nitrogen and oxygen atoms in total. The topological polar surface area (TPSA) is 0 Å². The summed E-state index contributed by atoms with van der Waals surface area (Å²) in [7, 11) is 0. The predicted octanol–water partition coefficient (Wildman–Crippen LogP) is -18.0. The zero-order valence-corrected chi connectivity index (χ0v) is 3.83. The van der Waals surface area contributed by atoms with Crippen molar-refractivity contribution in [2.45, 2.75) is 0 Å². The molecule has 0 saturated carbocycles. The molecule has 0 aliphatic heterocycles. The van der Waals surface area contributed by atoms with Crippen molar-refractivity contribution in [2.24, 2.45) is 0 Å². The second kappa shape index (κ2) is 16000. The van der Waals surface area contributed by atoms with Gasteiger partial charge in [0, 0.05) is 17.1 Å². The van der Waals surface area contributed by atoms with E-state index in [0.29, 0.717) is 0 Å². The molecule has 0 aromatic carbocycles. The van der Waals surface area contributed by atoms with Gasteiger partial charge in [0.15, 0.2) is 0 Å². The van der Waals surface area contributed by atoms with E-state index >= 15 is 0 Å². The Bertz CT molecular complexity index is 4.14. The van der Waals surface area contributed by atoms with Crippen LogP contribution in [0.5, 0.6) is 0 Å². The molecular weight excluding hydrogens is 169 g/mol. The molecule has 0 aromatic rings. The summed E-state index contributed by atoms with van der Waals surface area (Å²) in [6, 6.07) is 0. The Labute approximate surface area is 46.3 Å². The maximum absolute atomic E-state index is 0. The molecular formula is F6Mn-6. The van der Waals surface area contributed by atoms with Crippen LogP contribution in [0.3, 0.4) is 0 Å². The summed E-state index contributed by atoms with van der Waals surface area (Å²) in [5, 5.41) is 0. The third-order valence-corrected chi connectivity index (χ3v) is 0. The van der Waals surface area contributed by atoms with E-state index in [9.17, 15) is 0 Å². The summed E-state index contributed by atoms with van der Waals surface area (Å²) < 4.78 is 0. The third kappa shape index (κ3) is 10400. The molecule has 0 aliphatic carbocycles. The Morgan fingerprint density at radius 2 is 0.286 bits per heavy atom. The van der Waals surface area contributed by atoms with E-state index in [2.05, 4.69) is 0 Å². The molecule has 7 heteroatoms. The van der Waals surface area contributed by atoms with E-state index in [1.165, 1.54) is 0 Å². The first-order chi connectivity index (χ1) is 0. The molecule has 0 aromatic heterocycles. The van der Waals surface area contributed by atoms with Gasteiger partial charge in [0.25, 0.3) is 0 Å². The van der Waals surface area contributed by atoms with Crippen LogP contribution in [0.25, 0.3) is 0 Å². The van der Waals surface area contributed by atoms with Crippen LogP contribution < -0.4 is 28.2 Å². The van der Waals surface area contributed by atoms with Crippen molar-refractivity contribution in [1.29, 1.82) is 0 Å². The van der Waals surface area contributed by atoms with Crippen LogP contribution in [0.2, 0.25) is 0 Å². The summed E-state index contributed by atoms with van der Waals surface area (Å²) in [4.78, 5) is 0. The Kier molecular flexibility index (Phi) is 61100000. The van der Waals surface area contributed by atoms with Crippen molar-refractivity contribution in [2.75, 3.05) is 0 Å². The molecule has 0 heterocycles. The van der Waals surface area contributed by atoms with Gasteiger partial charge >= 0.3 is 0 Å². The van der Waals surface area contributed by atoms with Crippen molar-refractivity contribution in [1.82, 2.24) is 0 Å². The van der Waals surface area contributed by atoms with E-state index in [1.807, 2.05) is 0 Å². The Morgan fingerprint density at radius 3 is 0.286 bits per heavy atom. The Hall–Kier alpha value is 0.0995. The van der Waals surface area contributed by atoms with Gasteiger partial charge in [-0.25, -0.2) is 0 Å². The third-order valence-electron chi connectivity index (χ3n) is 0. The molecule has 1 radical (unpaired) electrons. The smallest absolute Gasteiger partial charge is 0 e. The zero-order valence-electron chi connectivity index (χ0n) is 2.65. The van der Waals surface area contributed by atoms with Gasteiger partial charge in [0.2, 0.25) is 0 Å². The molecule has 0 saturated heterocycles. The van der Waals surface area contributed by atoms with Crippen LogP contribution in [0.4, 0.5) is 0 Å². The molecule has 0 unspecified atom stereocenters. The van der Waals surface area contributed by atoms with E-state index in [1.54, 1.807) is 0 Å². The van der Waals surface area contributed by atoms with Gasteiger partial charge in [-0.05, 0) is 0 Å². The second-order valence-electron chi connectivity index (χ2n) is 0. The Balaban J connectivity index is 0. The molecule has 7 heavy (non-hydrogen) atoms. The predicted molar refractivity (Wildman–Crippen MR) is 0 cm³/mol. The Morgan fingerprint density at radius 1 is 0.286 bits per heavy atom. The first kappa shape index (κ1) is 26700. The molecule has 0 atom stereocenters. The second-order valence-corrected chi connectivity index (χ2v) is 0. The van der Waals surface area contributed by atoms with Crippen LogP contribution >= 0.6 is 0 Å². The summed E-state index contributed by atoms with van der Waals surface area (Å²) in [5.74, 6) is 0. The maximum Gasteiger partial charge on any atom is 0 e. The van der Waals surface area contributed by atoms with Crippen LogP contribution in [-0.2, 0) is 17.1 Å². The normalized spacial score (nSPS) is 0. The van der Waals surface area contributed by atoms with Crippen LogP contribution in [0.1, 0.15) is 0 Å². The van der Waals surface area contributed by atoms with E-state index in [4.69, 9.17) is 0 Å². The van der Waals surface area contributed by atoms with Crippen molar-refractivity contribution in [3.63, 3.8) is 0 Å². The van der Waals surface area contributed by atoms with Crippen molar-refractivity contribution < 1.29 is 45.3 Å². The maximum atomic E-state index is 0. The van der Waals surface area contributed by atoms with Gasteiger partial charge in [-0.2, -0.15) is 0 Å². The fraction of sp³-hybridized carbons (Fsp3) is 0. The summed E-state index contributed by atoms with van der Waals surface area (Å²) >= 11 is 0. The minimum Gasteiger partial charge on any atom is -1.00 e. The molecule has 55 valence electrons. The van der Waals surface area contributed by atoms with Crippen molar-refractivity contribution in [3.8, 4) is 0 Å². The van der Waals surface area contributed by atoms with Gasteiger partial charge in [0.05, 0.1) is 0 Å². The summed E-state index contributed by atoms with van der Waals surface area (Å²) in [5.41, 5.74) is 0. The van der Waals surface area contributed by atoms with Gasteiger partial charge in [0.1, 0.15) is 0 Å². The van der Waals surface area contributed by atoms with E-state index in [0.717, 1.165) is 0 Å². The zero-order chi connectivity index (χ0) is 0. The number of halogens is 6. The molecule has 0 aliphatic rings. The minimum atomic E-state index is 0. The molecule has 0 spiro atoms. The van der Waals surface area contributed by atoms with Crippen LogP contribution in [0.15, 0.2) is 0 Å². The number of hydrogen-bond acceptors (Lipinski definition) is 0.